The Morgan fingerprint density at radius 1 is 1.14 bits per heavy atom. The molecule has 0 radical (unpaired) electrons. The van der Waals surface area contributed by atoms with Crippen LogP contribution in [0, 0.1) is 0 Å². The van der Waals surface area contributed by atoms with Crippen LogP contribution >= 0.6 is 24.0 Å². The van der Waals surface area contributed by atoms with Gasteiger partial charge >= 0.3 is 5.97 Å². The standard InChI is InChI=1S/C22H28ClNO4.ClH/c1-16(12-17-8-10-20(11-9-17)28-15-22(25)27-4)24(2)14-21(26-3)18-6-5-7-19(23)13-18;/h5-11,13,16,21H,12,14-15H2,1-4H3;1H. The van der Waals surface area contributed by atoms with Crippen molar-refractivity contribution in [3.8, 4) is 5.75 Å². The van der Waals surface area contributed by atoms with Crippen molar-refractivity contribution < 1.29 is 19.0 Å². The molecule has 160 valence electrons. The summed E-state index contributed by atoms with van der Waals surface area (Å²) in [7, 11) is 5.15. The molecule has 0 heterocycles. The number of likely N-dealkylation sites (N-methyl/N-ethyl adjacent to an activating group) is 1. The molecule has 0 saturated carbocycles. The molecule has 0 aliphatic carbocycles. The first-order valence-electron chi connectivity index (χ1n) is 9.20. The summed E-state index contributed by atoms with van der Waals surface area (Å²) in [5.41, 5.74) is 2.27. The SMILES string of the molecule is COC(=O)COc1ccc(CC(C)N(C)CC(OC)c2cccc(Cl)c2)cc1.Cl. The number of ether oxygens (including phenoxy) is 3. The maximum Gasteiger partial charge on any atom is 0.343 e. The summed E-state index contributed by atoms with van der Waals surface area (Å²) in [6, 6.07) is 15.9. The van der Waals surface area contributed by atoms with Gasteiger partial charge in [0.05, 0.1) is 13.2 Å². The highest BCUT2D eigenvalue weighted by Crippen LogP contribution is 2.22. The largest absolute Gasteiger partial charge is 0.482 e. The number of hydrogen-bond acceptors (Lipinski definition) is 5. The lowest BCUT2D eigenvalue weighted by molar-refractivity contribution is -0.142. The van der Waals surface area contributed by atoms with Gasteiger partial charge in [-0.2, -0.15) is 0 Å². The first-order chi connectivity index (χ1) is 13.4. The molecule has 2 unspecified atom stereocenters. The summed E-state index contributed by atoms with van der Waals surface area (Å²) in [6.45, 7) is 2.86. The molecule has 0 fully saturated rings. The van der Waals surface area contributed by atoms with E-state index in [-0.39, 0.29) is 25.1 Å². The third kappa shape index (κ3) is 8.23. The average Bonchev–Trinajstić information content (AvgIpc) is 2.70. The first-order valence-corrected chi connectivity index (χ1v) is 9.57. The lowest BCUT2D eigenvalue weighted by Crippen LogP contribution is -2.34. The number of methoxy groups -OCH3 is 2. The van der Waals surface area contributed by atoms with E-state index in [2.05, 4.69) is 23.6 Å². The number of rotatable bonds is 10. The molecule has 2 rings (SSSR count). The second kappa shape index (κ2) is 12.7. The van der Waals surface area contributed by atoms with Crippen LogP contribution in [0.2, 0.25) is 5.02 Å². The van der Waals surface area contributed by atoms with Gasteiger partial charge in [0, 0.05) is 24.7 Å². The van der Waals surface area contributed by atoms with Gasteiger partial charge < -0.3 is 19.1 Å². The number of halogens is 2. The van der Waals surface area contributed by atoms with Crippen molar-refractivity contribution in [2.45, 2.75) is 25.5 Å². The third-order valence-corrected chi connectivity index (χ3v) is 4.99. The van der Waals surface area contributed by atoms with Crippen LogP contribution in [0.15, 0.2) is 48.5 Å². The van der Waals surface area contributed by atoms with E-state index in [1.165, 1.54) is 12.7 Å². The van der Waals surface area contributed by atoms with Crippen LogP contribution in [-0.2, 0) is 20.7 Å². The lowest BCUT2D eigenvalue weighted by atomic mass is 10.0. The van der Waals surface area contributed by atoms with Gasteiger partial charge in [-0.25, -0.2) is 4.79 Å². The van der Waals surface area contributed by atoms with Crippen LogP contribution < -0.4 is 4.74 Å². The van der Waals surface area contributed by atoms with E-state index < -0.39 is 5.97 Å². The van der Waals surface area contributed by atoms with Crippen LogP contribution in [0.4, 0.5) is 0 Å². The summed E-state index contributed by atoms with van der Waals surface area (Å²) in [4.78, 5) is 13.4. The van der Waals surface area contributed by atoms with Crippen LogP contribution in [-0.4, -0.2) is 51.3 Å². The van der Waals surface area contributed by atoms with Gasteiger partial charge in [0.15, 0.2) is 6.61 Å². The van der Waals surface area contributed by atoms with Gasteiger partial charge in [0.1, 0.15) is 5.75 Å². The van der Waals surface area contributed by atoms with Crippen LogP contribution in [0.3, 0.4) is 0 Å². The van der Waals surface area contributed by atoms with Crippen LogP contribution in [0.5, 0.6) is 5.75 Å². The molecular weight excluding hydrogens is 413 g/mol. The van der Waals surface area contributed by atoms with Crippen molar-refractivity contribution in [3.63, 3.8) is 0 Å². The molecule has 29 heavy (non-hydrogen) atoms. The fourth-order valence-corrected chi connectivity index (χ4v) is 3.08. The molecule has 2 aromatic rings. The Labute approximate surface area is 184 Å². The molecule has 2 aromatic carbocycles. The van der Waals surface area contributed by atoms with E-state index in [9.17, 15) is 4.79 Å². The number of benzene rings is 2. The fourth-order valence-electron chi connectivity index (χ4n) is 2.88. The van der Waals surface area contributed by atoms with Crippen LogP contribution in [0.1, 0.15) is 24.2 Å². The highest BCUT2D eigenvalue weighted by molar-refractivity contribution is 6.30. The summed E-state index contributed by atoms with van der Waals surface area (Å²) in [5.74, 6) is 0.252. The molecule has 0 aliphatic heterocycles. The van der Waals surface area contributed by atoms with Gasteiger partial charge in [-0.05, 0) is 55.8 Å². The average molecular weight is 442 g/mol. The number of esters is 1. The Balaban J connectivity index is 0.00000420. The quantitative estimate of drug-likeness (QED) is 0.505. The second-order valence-corrected chi connectivity index (χ2v) is 7.22. The molecule has 0 spiro atoms. The Hall–Kier alpha value is -1.79. The zero-order chi connectivity index (χ0) is 20.5. The summed E-state index contributed by atoms with van der Waals surface area (Å²) >= 11 is 6.11. The van der Waals surface area contributed by atoms with Gasteiger partial charge in [0.25, 0.3) is 0 Å². The normalized spacial score (nSPS) is 12.8. The van der Waals surface area contributed by atoms with E-state index in [4.69, 9.17) is 21.1 Å². The van der Waals surface area contributed by atoms with Gasteiger partial charge in [0.2, 0.25) is 0 Å². The molecule has 5 nitrogen and oxygen atoms in total. The van der Waals surface area contributed by atoms with Crippen LogP contribution in [0.25, 0.3) is 0 Å². The maximum atomic E-state index is 11.1. The smallest absolute Gasteiger partial charge is 0.343 e. The zero-order valence-electron chi connectivity index (χ0n) is 17.3. The highest BCUT2D eigenvalue weighted by atomic mass is 35.5. The van der Waals surface area contributed by atoms with Crippen molar-refractivity contribution in [1.82, 2.24) is 4.90 Å². The minimum atomic E-state index is -0.397. The van der Waals surface area contributed by atoms with E-state index in [0.29, 0.717) is 16.8 Å². The van der Waals surface area contributed by atoms with Crippen molar-refractivity contribution >= 4 is 30.0 Å². The van der Waals surface area contributed by atoms with Gasteiger partial charge in [-0.3, -0.25) is 0 Å². The highest BCUT2D eigenvalue weighted by Gasteiger charge is 2.18. The number of carbonyl (C=O) groups is 1. The number of nitrogens with zero attached hydrogens (tertiary/aromatic N) is 1. The molecule has 7 heteroatoms. The predicted molar refractivity (Wildman–Crippen MR) is 118 cm³/mol. The Morgan fingerprint density at radius 2 is 1.83 bits per heavy atom. The summed E-state index contributed by atoms with van der Waals surface area (Å²) < 4.78 is 15.6. The molecule has 0 aliphatic rings. The van der Waals surface area contributed by atoms with E-state index >= 15 is 0 Å². The maximum absolute atomic E-state index is 11.1. The topological polar surface area (TPSA) is 48.0 Å². The van der Waals surface area contributed by atoms with Crippen molar-refractivity contribution in [2.75, 3.05) is 34.4 Å². The molecule has 0 amide bonds. The van der Waals surface area contributed by atoms with E-state index in [0.717, 1.165) is 18.5 Å². The number of hydrogen-bond donors (Lipinski definition) is 0. The minimum Gasteiger partial charge on any atom is -0.482 e. The predicted octanol–water partition coefficient (Wildman–Crippen LogP) is 4.56. The summed E-state index contributed by atoms with van der Waals surface area (Å²) in [5, 5.41) is 0.713. The third-order valence-electron chi connectivity index (χ3n) is 4.75. The molecule has 2 atom stereocenters. The summed E-state index contributed by atoms with van der Waals surface area (Å²) in [6.07, 6.45) is 0.847. The zero-order valence-corrected chi connectivity index (χ0v) is 18.8. The minimum absolute atomic E-state index is 0. The van der Waals surface area contributed by atoms with Gasteiger partial charge in [-0.1, -0.05) is 35.9 Å². The van der Waals surface area contributed by atoms with Crippen molar-refractivity contribution in [3.05, 3.63) is 64.7 Å². The van der Waals surface area contributed by atoms with E-state index in [1.54, 1.807) is 7.11 Å². The lowest BCUT2D eigenvalue weighted by Gasteiger charge is -2.29. The van der Waals surface area contributed by atoms with Crippen molar-refractivity contribution in [1.29, 1.82) is 0 Å². The molecular formula is C22H29Cl2NO4. The van der Waals surface area contributed by atoms with Gasteiger partial charge in [-0.15, -0.1) is 12.4 Å². The van der Waals surface area contributed by atoms with E-state index in [1.807, 2.05) is 48.5 Å². The Morgan fingerprint density at radius 3 is 2.41 bits per heavy atom. The Bertz CT molecular complexity index is 755. The molecule has 0 aromatic heterocycles. The first kappa shape index (κ1) is 25.2. The molecule has 0 bridgehead atoms. The second-order valence-electron chi connectivity index (χ2n) is 6.78. The molecule has 0 N–H and O–H groups in total. The van der Waals surface area contributed by atoms with Crippen molar-refractivity contribution in [2.24, 2.45) is 0 Å². The monoisotopic (exact) mass is 441 g/mol. The molecule has 0 saturated heterocycles. The fraction of sp³-hybridized carbons (Fsp3) is 0.409. The number of carbonyl (C=O) groups excluding carboxylic acids is 1. The Kier molecular flexibility index (Phi) is 11.1.